The predicted molar refractivity (Wildman–Crippen MR) is 97.6 cm³/mol. The van der Waals surface area contributed by atoms with Crippen LogP contribution in [-0.2, 0) is 16.6 Å². The third kappa shape index (κ3) is 4.46. The molecule has 0 saturated heterocycles. The molecular weight excluding hydrogens is 336 g/mol. The van der Waals surface area contributed by atoms with E-state index in [1.807, 2.05) is 36.0 Å². The Bertz CT molecular complexity index is 935. The molecule has 1 aromatic heterocycles. The second-order valence-corrected chi connectivity index (χ2v) is 7.45. The fourth-order valence-electron chi connectivity index (χ4n) is 2.57. The second-order valence-electron chi connectivity index (χ2n) is 5.89. The molecule has 2 aromatic carbocycles. The molecule has 3 aromatic rings. The normalized spacial score (nSPS) is 12.7. The molecule has 3 N–H and O–H groups in total. The van der Waals surface area contributed by atoms with Crippen LogP contribution in [0.2, 0.25) is 0 Å². The zero-order valence-electron chi connectivity index (χ0n) is 13.8. The second kappa shape index (κ2) is 7.08. The first kappa shape index (κ1) is 17.2. The maximum absolute atomic E-state index is 11.3. The van der Waals surface area contributed by atoms with Crippen LogP contribution in [0.25, 0.3) is 0 Å². The van der Waals surface area contributed by atoms with Gasteiger partial charge in [-0.1, -0.05) is 42.5 Å². The zero-order chi connectivity index (χ0) is 17.9. The highest BCUT2D eigenvalue weighted by Crippen LogP contribution is 2.20. The van der Waals surface area contributed by atoms with Crippen molar-refractivity contribution in [2.45, 2.75) is 24.4 Å². The Kier molecular flexibility index (Phi) is 4.87. The molecule has 1 atom stereocenters. The van der Waals surface area contributed by atoms with Crippen LogP contribution in [0, 0.1) is 0 Å². The molecule has 0 saturated carbocycles. The summed E-state index contributed by atoms with van der Waals surface area (Å²) in [5.74, 6) is 0. The van der Waals surface area contributed by atoms with Crippen LogP contribution < -0.4 is 10.5 Å². The summed E-state index contributed by atoms with van der Waals surface area (Å²) in [6, 6.07) is 16.7. The Morgan fingerprint density at radius 2 is 1.80 bits per heavy atom. The van der Waals surface area contributed by atoms with Crippen LogP contribution >= 0.6 is 0 Å². The number of rotatable bonds is 6. The Balaban J connectivity index is 1.66. The third-order valence-corrected chi connectivity index (χ3v) is 4.84. The summed E-state index contributed by atoms with van der Waals surface area (Å²) in [4.78, 5) is 0.110. The van der Waals surface area contributed by atoms with Crippen molar-refractivity contribution in [3.05, 3.63) is 78.1 Å². The van der Waals surface area contributed by atoms with Crippen molar-refractivity contribution in [1.82, 2.24) is 9.78 Å². The molecule has 6 nitrogen and oxygen atoms in total. The highest BCUT2D eigenvalue weighted by molar-refractivity contribution is 7.89. The van der Waals surface area contributed by atoms with E-state index in [9.17, 15) is 8.42 Å². The van der Waals surface area contributed by atoms with Crippen molar-refractivity contribution in [1.29, 1.82) is 0 Å². The predicted octanol–water partition coefficient (Wildman–Crippen LogP) is 2.75. The molecule has 0 aliphatic heterocycles. The summed E-state index contributed by atoms with van der Waals surface area (Å²) in [6.45, 7) is 2.71. The Morgan fingerprint density at radius 3 is 2.44 bits per heavy atom. The molecule has 0 aliphatic carbocycles. The number of hydrogen-bond donors (Lipinski definition) is 2. The summed E-state index contributed by atoms with van der Waals surface area (Å²) < 4.78 is 24.5. The van der Waals surface area contributed by atoms with Gasteiger partial charge in [-0.3, -0.25) is 4.68 Å². The van der Waals surface area contributed by atoms with Gasteiger partial charge in [-0.25, -0.2) is 13.6 Å². The summed E-state index contributed by atoms with van der Waals surface area (Å²) in [5, 5.41) is 12.8. The van der Waals surface area contributed by atoms with Gasteiger partial charge in [0.2, 0.25) is 10.0 Å². The van der Waals surface area contributed by atoms with Gasteiger partial charge >= 0.3 is 0 Å². The molecular formula is C18H20N4O2S. The van der Waals surface area contributed by atoms with E-state index in [1.54, 1.807) is 18.3 Å². The van der Waals surface area contributed by atoms with Crippen LogP contribution in [0.15, 0.2) is 71.9 Å². The lowest BCUT2D eigenvalue weighted by atomic mass is 10.1. The molecule has 1 unspecified atom stereocenters. The number of anilines is 1. The van der Waals surface area contributed by atoms with Crippen molar-refractivity contribution >= 4 is 15.7 Å². The van der Waals surface area contributed by atoms with Crippen molar-refractivity contribution in [3.8, 4) is 0 Å². The lowest BCUT2D eigenvalue weighted by molar-refractivity contribution is 0.597. The van der Waals surface area contributed by atoms with Gasteiger partial charge in [0.05, 0.1) is 23.3 Å². The van der Waals surface area contributed by atoms with Gasteiger partial charge in [0.25, 0.3) is 0 Å². The van der Waals surface area contributed by atoms with Gasteiger partial charge in [0, 0.05) is 12.2 Å². The number of sulfonamides is 1. The van der Waals surface area contributed by atoms with Gasteiger partial charge in [-0.2, -0.15) is 5.10 Å². The topological polar surface area (TPSA) is 90.0 Å². The van der Waals surface area contributed by atoms with Gasteiger partial charge < -0.3 is 5.32 Å². The number of primary sulfonamides is 1. The molecule has 25 heavy (non-hydrogen) atoms. The number of hydrogen-bond acceptors (Lipinski definition) is 4. The van der Waals surface area contributed by atoms with E-state index < -0.39 is 10.0 Å². The molecule has 0 spiro atoms. The largest absolute Gasteiger partial charge is 0.376 e. The van der Waals surface area contributed by atoms with E-state index >= 15 is 0 Å². The highest BCUT2D eigenvalue weighted by atomic mass is 32.2. The third-order valence-electron chi connectivity index (χ3n) is 3.91. The minimum absolute atomic E-state index is 0.00361. The zero-order valence-corrected chi connectivity index (χ0v) is 14.6. The number of nitrogens with one attached hydrogen (secondary N) is 1. The minimum Gasteiger partial charge on any atom is -0.376 e. The number of nitrogens with two attached hydrogens (primary N) is 1. The molecule has 3 rings (SSSR count). The molecule has 130 valence electrons. The molecule has 0 aliphatic rings. The van der Waals surface area contributed by atoms with Crippen LogP contribution in [0.5, 0.6) is 0 Å². The maximum atomic E-state index is 11.3. The van der Waals surface area contributed by atoms with Gasteiger partial charge in [0.15, 0.2) is 0 Å². The fraction of sp³-hybridized carbons (Fsp3) is 0.167. The van der Waals surface area contributed by atoms with Gasteiger partial charge in [-0.05, 0) is 30.2 Å². The van der Waals surface area contributed by atoms with Crippen LogP contribution in [-0.4, -0.2) is 18.2 Å². The van der Waals surface area contributed by atoms with Crippen molar-refractivity contribution in [3.63, 3.8) is 0 Å². The van der Waals surface area contributed by atoms with E-state index in [2.05, 4.69) is 22.5 Å². The first-order valence-electron chi connectivity index (χ1n) is 7.87. The Labute approximate surface area is 147 Å². The smallest absolute Gasteiger partial charge is 0.238 e. The number of aromatic nitrogens is 2. The number of nitrogens with zero attached hydrogens (tertiary/aromatic N) is 2. The molecule has 0 radical (unpaired) electrons. The first-order chi connectivity index (χ1) is 11.9. The quantitative estimate of drug-likeness (QED) is 0.710. The standard InChI is InChI=1S/C18H20N4O2S/c1-14(16-7-9-18(10-8-16)25(19,23)24)21-17-11-20-22(13-17)12-15-5-3-2-4-6-15/h2-11,13-14,21H,12H2,1H3,(H2,19,23,24). The Morgan fingerprint density at radius 1 is 1.12 bits per heavy atom. The molecule has 1 heterocycles. The molecule has 0 bridgehead atoms. The average molecular weight is 356 g/mol. The highest BCUT2D eigenvalue weighted by Gasteiger charge is 2.10. The number of benzene rings is 2. The SMILES string of the molecule is CC(Nc1cnn(Cc2ccccc2)c1)c1ccc(S(N)(=O)=O)cc1. The summed E-state index contributed by atoms with van der Waals surface area (Å²) in [6.07, 6.45) is 3.72. The van der Waals surface area contributed by atoms with Crippen LogP contribution in [0.1, 0.15) is 24.1 Å². The first-order valence-corrected chi connectivity index (χ1v) is 9.42. The summed E-state index contributed by atoms with van der Waals surface area (Å²) >= 11 is 0. The monoisotopic (exact) mass is 356 g/mol. The summed E-state index contributed by atoms with van der Waals surface area (Å²) in [5.41, 5.74) is 3.05. The fourth-order valence-corrected chi connectivity index (χ4v) is 3.09. The van der Waals surface area contributed by atoms with Crippen LogP contribution in [0.3, 0.4) is 0 Å². The average Bonchev–Trinajstić information content (AvgIpc) is 3.02. The van der Waals surface area contributed by atoms with E-state index in [4.69, 9.17) is 5.14 Å². The Hall–Kier alpha value is -2.64. The lowest BCUT2D eigenvalue weighted by Crippen LogP contribution is -2.12. The molecule has 7 heteroatoms. The van der Waals surface area contributed by atoms with Crippen molar-refractivity contribution < 1.29 is 8.42 Å². The maximum Gasteiger partial charge on any atom is 0.238 e. The van der Waals surface area contributed by atoms with Crippen LogP contribution in [0.4, 0.5) is 5.69 Å². The van der Waals surface area contributed by atoms with Gasteiger partial charge in [0.1, 0.15) is 0 Å². The lowest BCUT2D eigenvalue weighted by Gasteiger charge is -2.14. The van der Waals surface area contributed by atoms with Gasteiger partial charge in [-0.15, -0.1) is 0 Å². The van der Waals surface area contributed by atoms with Crippen molar-refractivity contribution in [2.24, 2.45) is 5.14 Å². The summed E-state index contributed by atoms with van der Waals surface area (Å²) in [7, 11) is -3.66. The van der Waals surface area contributed by atoms with Crippen molar-refractivity contribution in [2.75, 3.05) is 5.32 Å². The van der Waals surface area contributed by atoms with E-state index in [-0.39, 0.29) is 10.9 Å². The molecule has 0 amide bonds. The van der Waals surface area contributed by atoms with E-state index in [1.165, 1.54) is 17.7 Å². The van der Waals surface area contributed by atoms with E-state index in [0.717, 1.165) is 11.3 Å². The molecule has 0 fully saturated rings. The van der Waals surface area contributed by atoms with E-state index in [0.29, 0.717) is 6.54 Å². The minimum atomic E-state index is -3.66.